The molecule has 3 aromatic rings. The molecule has 1 heterocycles. The van der Waals surface area contributed by atoms with Crippen LogP contribution in [0.3, 0.4) is 0 Å². The third-order valence-electron chi connectivity index (χ3n) is 3.96. The maximum Gasteiger partial charge on any atom is 0.338 e. The molecule has 0 saturated carbocycles. The van der Waals surface area contributed by atoms with Crippen LogP contribution in [0.25, 0.3) is 10.9 Å². The van der Waals surface area contributed by atoms with E-state index >= 15 is 0 Å². The first-order valence-electron chi connectivity index (χ1n) is 8.19. The van der Waals surface area contributed by atoms with E-state index < -0.39 is 12.1 Å². The number of aromatic amines is 1. The van der Waals surface area contributed by atoms with Gasteiger partial charge in [-0.3, -0.25) is 9.89 Å². The predicted octanol–water partition coefficient (Wildman–Crippen LogP) is 2.61. The number of aromatic nitrogens is 2. The highest BCUT2D eigenvalue weighted by molar-refractivity contribution is 5.95. The first kappa shape index (κ1) is 17.6. The quantitative estimate of drug-likeness (QED) is 0.666. The summed E-state index contributed by atoms with van der Waals surface area (Å²) in [6.45, 7) is 1.88. The number of hydrogen-bond donors (Lipinski definition) is 2. The third-order valence-corrected chi connectivity index (χ3v) is 3.96. The number of H-pyrrole nitrogens is 1. The number of esters is 1. The fourth-order valence-electron chi connectivity index (χ4n) is 2.47. The van der Waals surface area contributed by atoms with E-state index in [9.17, 15) is 14.0 Å². The second-order valence-corrected chi connectivity index (χ2v) is 5.89. The van der Waals surface area contributed by atoms with E-state index in [0.29, 0.717) is 18.5 Å². The van der Waals surface area contributed by atoms with Crippen LogP contribution >= 0.6 is 0 Å². The minimum absolute atomic E-state index is 0.299. The number of rotatable bonds is 6. The van der Waals surface area contributed by atoms with Crippen LogP contribution in [0.15, 0.2) is 48.7 Å². The smallest absolute Gasteiger partial charge is 0.338 e. The first-order valence-corrected chi connectivity index (χ1v) is 8.19. The molecule has 134 valence electrons. The molecule has 3 rings (SSSR count). The van der Waals surface area contributed by atoms with E-state index in [0.717, 1.165) is 16.5 Å². The summed E-state index contributed by atoms with van der Waals surface area (Å²) in [5, 5.41) is 10.3. The second-order valence-electron chi connectivity index (χ2n) is 5.89. The molecule has 0 bridgehead atoms. The Morgan fingerprint density at radius 1 is 1.23 bits per heavy atom. The molecule has 0 spiro atoms. The lowest BCUT2D eigenvalue weighted by Gasteiger charge is -2.13. The molecule has 0 saturated heterocycles. The standard InChI is InChI=1S/C19H18FN3O3/c1-12(18(24)21-9-8-13-2-6-16(20)7-3-13)26-19(25)14-4-5-15-11-22-23-17(15)10-14/h2-7,10-12H,8-9H2,1H3,(H,21,24)(H,22,23). The monoisotopic (exact) mass is 355 g/mol. The number of amides is 1. The fraction of sp³-hybridized carbons (Fsp3) is 0.211. The number of carbonyl (C=O) groups is 2. The summed E-state index contributed by atoms with van der Waals surface area (Å²) >= 11 is 0. The van der Waals surface area contributed by atoms with Gasteiger partial charge in [-0.15, -0.1) is 0 Å². The van der Waals surface area contributed by atoms with Crippen LogP contribution in [0, 0.1) is 5.82 Å². The number of halogens is 1. The maximum absolute atomic E-state index is 12.8. The van der Waals surface area contributed by atoms with Gasteiger partial charge in [-0.05, 0) is 43.2 Å². The van der Waals surface area contributed by atoms with E-state index in [2.05, 4.69) is 15.5 Å². The highest BCUT2D eigenvalue weighted by atomic mass is 19.1. The topological polar surface area (TPSA) is 84.1 Å². The van der Waals surface area contributed by atoms with Gasteiger partial charge in [0.15, 0.2) is 6.10 Å². The van der Waals surface area contributed by atoms with Crippen LogP contribution in [0.4, 0.5) is 4.39 Å². The molecule has 0 radical (unpaired) electrons. The van der Waals surface area contributed by atoms with Gasteiger partial charge in [0.1, 0.15) is 5.82 Å². The number of nitrogens with zero attached hydrogens (tertiary/aromatic N) is 1. The van der Waals surface area contributed by atoms with Crippen molar-refractivity contribution in [1.29, 1.82) is 0 Å². The van der Waals surface area contributed by atoms with E-state index in [-0.39, 0.29) is 11.7 Å². The fourth-order valence-corrected chi connectivity index (χ4v) is 2.47. The molecule has 1 amide bonds. The lowest BCUT2D eigenvalue weighted by molar-refractivity contribution is -0.129. The molecule has 2 N–H and O–H groups in total. The minimum atomic E-state index is -0.923. The van der Waals surface area contributed by atoms with Crippen molar-refractivity contribution < 1.29 is 18.7 Å². The molecule has 0 aliphatic heterocycles. The van der Waals surface area contributed by atoms with E-state index in [1.54, 1.807) is 36.5 Å². The summed E-state index contributed by atoms with van der Waals surface area (Å²) in [5.41, 5.74) is 1.97. The van der Waals surface area contributed by atoms with Gasteiger partial charge >= 0.3 is 5.97 Å². The third kappa shape index (κ3) is 4.24. The van der Waals surface area contributed by atoms with Gasteiger partial charge in [0.05, 0.1) is 17.3 Å². The lowest BCUT2D eigenvalue weighted by atomic mass is 10.1. The zero-order valence-corrected chi connectivity index (χ0v) is 14.2. The molecule has 1 aromatic heterocycles. The summed E-state index contributed by atoms with van der Waals surface area (Å²) in [6, 6.07) is 11.1. The zero-order chi connectivity index (χ0) is 18.5. The van der Waals surface area contributed by atoms with Crippen LogP contribution in [0.1, 0.15) is 22.8 Å². The van der Waals surface area contributed by atoms with Crippen molar-refractivity contribution in [1.82, 2.24) is 15.5 Å². The molecule has 0 aliphatic rings. The Morgan fingerprint density at radius 3 is 2.77 bits per heavy atom. The van der Waals surface area contributed by atoms with Gasteiger partial charge in [0.2, 0.25) is 0 Å². The molecule has 7 heteroatoms. The summed E-state index contributed by atoms with van der Waals surface area (Å²) < 4.78 is 18.1. The van der Waals surface area contributed by atoms with Gasteiger partial charge in [-0.25, -0.2) is 9.18 Å². The van der Waals surface area contributed by atoms with Crippen LogP contribution in [0.2, 0.25) is 0 Å². The molecule has 0 fully saturated rings. The highest BCUT2D eigenvalue weighted by Crippen LogP contribution is 2.14. The molecule has 1 atom stereocenters. The first-order chi connectivity index (χ1) is 12.5. The Balaban J connectivity index is 1.49. The second kappa shape index (κ2) is 7.77. The van der Waals surface area contributed by atoms with Gasteiger partial charge in [-0.1, -0.05) is 18.2 Å². The predicted molar refractivity (Wildman–Crippen MR) is 94.1 cm³/mol. The number of carbonyl (C=O) groups excluding carboxylic acids is 2. The Kier molecular flexibility index (Phi) is 5.26. The SMILES string of the molecule is CC(OC(=O)c1ccc2cn[nH]c2c1)C(=O)NCCc1ccc(F)cc1. The van der Waals surface area contributed by atoms with Gasteiger partial charge in [0.25, 0.3) is 5.91 Å². The van der Waals surface area contributed by atoms with Crippen molar-refractivity contribution in [3.8, 4) is 0 Å². The Morgan fingerprint density at radius 2 is 2.00 bits per heavy atom. The largest absolute Gasteiger partial charge is 0.449 e. The van der Waals surface area contributed by atoms with Gasteiger partial charge in [-0.2, -0.15) is 5.10 Å². The van der Waals surface area contributed by atoms with Crippen molar-refractivity contribution in [2.24, 2.45) is 0 Å². The summed E-state index contributed by atoms with van der Waals surface area (Å²) in [7, 11) is 0. The van der Waals surface area contributed by atoms with Crippen molar-refractivity contribution >= 4 is 22.8 Å². The van der Waals surface area contributed by atoms with Crippen LogP contribution in [0.5, 0.6) is 0 Å². The Bertz CT molecular complexity index is 921. The van der Waals surface area contributed by atoms with Crippen LogP contribution in [-0.2, 0) is 16.0 Å². The number of nitrogens with one attached hydrogen (secondary N) is 2. The molecule has 26 heavy (non-hydrogen) atoms. The molecular formula is C19H18FN3O3. The van der Waals surface area contributed by atoms with Crippen LogP contribution < -0.4 is 5.32 Å². The maximum atomic E-state index is 12.8. The lowest BCUT2D eigenvalue weighted by Crippen LogP contribution is -2.36. The number of fused-ring (bicyclic) bond motifs is 1. The van der Waals surface area contributed by atoms with Gasteiger partial charge < -0.3 is 10.1 Å². The number of benzene rings is 2. The Hall–Kier alpha value is -3.22. The van der Waals surface area contributed by atoms with E-state index in [1.807, 2.05) is 0 Å². The molecule has 6 nitrogen and oxygen atoms in total. The number of ether oxygens (including phenoxy) is 1. The normalized spacial score (nSPS) is 11.9. The zero-order valence-electron chi connectivity index (χ0n) is 14.2. The average molecular weight is 355 g/mol. The van der Waals surface area contributed by atoms with E-state index in [4.69, 9.17) is 4.74 Å². The number of hydrogen-bond acceptors (Lipinski definition) is 4. The molecule has 1 unspecified atom stereocenters. The molecule has 0 aliphatic carbocycles. The highest BCUT2D eigenvalue weighted by Gasteiger charge is 2.19. The van der Waals surface area contributed by atoms with Crippen molar-refractivity contribution in [2.75, 3.05) is 6.54 Å². The minimum Gasteiger partial charge on any atom is -0.449 e. The van der Waals surface area contributed by atoms with E-state index in [1.165, 1.54) is 19.1 Å². The average Bonchev–Trinajstić information content (AvgIpc) is 3.10. The summed E-state index contributed by atoms with van der Waals surface area (Å²) in [4.78, 5) is 24.2. The van der Waals surface area contributed by atoms with Crippen molar-refractivity contribution in [2.45, 2.75) is 19.4 Å². The van der Waals surface area contributed by atoms with Crippen molar-refractivity contribution in [3.05, 3.63) is 65.6 Å². The molecule has 2 aromatic carbocycles. The summed E-state index contributed by atoms with van der Waals surface area (Å²) in [5.74, 6) is -1.27. The van der Waals surface area contributed by atoms with Crippen LogP contribution in [-0.4, -0.2) is 34.7 Å². The Labute approximate surface area is 149 Å². The van der Waals surface area contributed by atoms with Crippen molar-refractivity contribution in [3.63, 3.8) is 0 Å². The summed E-state index contributed by atoms with van der Waals surface area (Å²) in [6.07, 6.45) is 1.29. The van der Waals surface area contributed by atoms with Gasteiger partial charge in [0, 0.05) is 11.9 Å². The molecular weight excluding hydrogens is 337 g/mol.